The predicted octanol–water partition coefficient (Wildman–Crippen LogP) is 16.6. The summed E-state index contributed by atoms with van der Waals surface area (Å²) >= 11 is 0. The molecule has 5 aromatic heterocycles. The Balaban J connectivity index is 0.000000140. The van der Waals surface area contributed by atoms with Crippen molar-refractivity contribution in [2.45, 2.75) is 138 Å². The molecular weight excluding hydrogens is 1440 g/mol. The number of aliphatic hydroxyl groups is 3. The second-order valence-corrected chi connectivity index (χ2v) is 27.5. The minimum absolute atomic E-state index is 0.0819. The van der Waals surface area contributed by atoms with Gasteiger partial charge in [0.2, 0.25) is 23.3 Å². The van der Waals surface area contributed by atoms with Gasteiger partial charge in [-0.2, -0.15) is 19.9 Å². The maximum absolute atomic E-state index is 10.1. The first-order valence-electron chi connectivity index (χ1n) is 38.6. The summed E-state index contributed by atoms with van der Waals surface area (Å²) in [4.78, 5) is 24.7. The van der Waals surface area contributed by atoms with Crippen molar-refractivity contribution in [1.29, 1.82) is 0 Å². The number of fused-ring (bicyclic) bond motifs is 3. The van der Waals surface area contributed by atoms with Crippen molar-refractivity contribution < 1.29 is 71.3 Å². The summed E-state index contributed by atoms with van der Waals surface area (Å²) in [6.45, 7) is 23.9. The fourth-order valence-corrected chi connectivity index (χ4v) is 13.9. The number of aromatic nitrogens is 9. The summed E-state index contributed by atoms with van der Waals surface area (Å²) in [5.41, 5.74) is 14.2. The van der Waals surface area contributed by atoms with Gasteiger partial charge in [0.25, 0.3) is 23.6 Å². The zero-order valence-corrected chi connectivity index (χ0v) is 66.1. The van der Waals surface area contributed by atoms with Crippen LogP contribution >= 0.6 is 0 Å². The third kappa shape index (κ3) is 19.2. The molecule has 0 spiro atoms. The van der Waals surface area contributed by atoms with Crippen LogP contribution in [0.2, 0.25) is 0 Å². The first kappa shape index (κ1) is 81.0. The molecule has 3 atom stereocenters. The van der Waals surface area contributed by atoms with Gasteiger partial charge >= 0.3 is 0 Å². The van der Waals surface area contributed by atoms with Crippen LogP contribution in [0.1, 0.15) is 146 Å². The van der Waals surface area contributed by atoms with Crippen LogP contribution in [0, 0.1) is 0 Å². The monoisotopic (exact) mass is 1540 g/mol. The predicted molar refractivity (Wildman–Crippen MR) is 427 cm³/mol. The third-order valence-corrected chi connectivity index (χ3v) is 19.2. The van der Waals surface area contributed by atoms with Crippen molar-refractivity contribution in [2.24, 2.45) is 0 Å². The number of nitrogens with zero attached hydrogens (tertiary/aromatic N) is 10. The Morgan fingerprint density at radius 3 is 1.13 bits per heavy atom. The van der Waals surface area contributed by atoms with Crippen LogP contribution in [0.15, 0.2) is 164 Å². The van der Waals surface area contributed by atoms with Crippen molar-refractivity contribution in [3.8, 4) is 137 Å². The molecule has 26 nitrogen and oxygen atoms in total. The lowest BCUT2D eigenvalue weighted by molar-refractivity contribution is 0.175. The zero-order chi connectivity index (χ0) is 79.5. The molecule has 26 heteroatoms. The average Bonchev–Trinajstić information content (AvgIpc) is 1.63. The van der Waals surface area contributed by atoms with E-state index in [1.807, 2.05) is 172 Å². The van der Waals surface area contributed by atoms with Crippen molar-refractivity contribution in [3.63, 3.8) is 0 Å². The SMILES string of the molecule is CCOc1ccc(-c2nc(-c3ccc(CO)nc3)no2)cc1OCC.CCOc1ccc(-c2nc(-c3cccc4c3CCC4N(C)C)no2)cc1OCC.CCOc1ccc(-c2nc(-c3cccc4c3CCC4NC(C)(C)CO)no2)cc1OCC.CCOc1ccc(-c2nc(-c3cccc4c3CCC4O)no2)cc1OCC. The van der Waals surface area contributed by atoms with Crippen LogP contribution in [-0.2, 0) is 25.9 Å². The summed E-state index contributed by atoms with van der Waals surface area (Å²) in [5, 5.41) is 49.0. The molecule has 4 N–H and O–H groups in total. The summed E-state index contributed by atoms with van der Waals surface area (Å²) in [6.07, 6.45) is 6.76. The van der Waals surface area contributed by atoms with Crippen molar-refractivity contribution in [3.05, 3.63) is 185 Å². The van der Waals surface area contributed by atoms with Gasteiger partial charge in [-0.15, -0.1) is 0 Å². The average molecular weight is 1540 g/mol. The molecule has 7 aromatic carbocycles. The second kappa shape index (κ2) is 38.1. The summed E-state index contributed by atoms with van der Waals surface area (Å²) in [7, 11) is 4.25. The number of ether oxygens (including phenoxy) is 8. The van der Waals surface area contributed by atoms with Crippen LogP contribution in [0.25, 0.3) is 91.4 Å². The van der Waals surface area contributed by atoms with E-state index in [4.69, 9.17) is 61.1 Å². The molecule has 0 radical (unpaired) electrons. The number of hydrogen-bond donors (Lipinski definition) is 4. The fraction of sp³-hybridized carbons (Fsp3) is 0.368. The molecule has 0 saturated heterocycles. The van der Waals surface area contributed by atoms with Gasteiger partial charge in [-0.3, -0.25) is 4.98 Å². The van der Waals surface area contributed by atoms with Crippen molar-refractivity contribution in [1.82, 2.24) is 55.8 Å². The largest absolute Gasteiger partial charge is 0.490 e. The van der Waals surface area contributed by atoms with E-state index in [9.17, 15) is 10.2 Å². The van der Waals surface area contributed by atoms with E-state index in [0.717, 1.165) is 88.6 Å². The molecule has 3 aliphatic carbocycles. The molecule has 3 unspecified atom stereocenters. The van der Waals surface area contributed by atoms with E-state index in [-0.39, 0.29) is 24.8 Å². The molecule has 0 aliphatic heterocycles. The number of nitrogens with one attached hydrogen (secondary N) is 1. The third-order valence-electron chi connectivity index (χ3n) is 19.2. The van der Waals surface area contributed by atoms with Gasteiger partial charge in [0.05, 0.1) is 77.9 Å². The maximum atomic E-state index is 10.1. The zero-order valence-electron chi connectivity index (χ0n) is 66.1. The van der Waals surface area contributed by atoms with Crippen LogP contribution in [-0.4, -0.2) is 145 Å². The van der Waals surface area contributed by atoms with E-state index in [1.165, 1.54) is 22.3 Å². The Morgan fingerprint density at radius 2 is 0.752 bits per heavy atom. The molecule has 3 aliphatic rings. The Bertz CT molecular complexity index is 5110. The van der Waals surface area contributed by atoms with E-state index < -0.39 is 6.10 Å². The first-order valence-corrected chi connectivity index (χ1v) is 38.6. The highest BCUT2D eigenvalue weighted by molar-refractivity contribution is 5.71. The van der Waals surface area contributed by atoms with Gasteiger partial charge in [-0.05, 0) is 240 Å². The molecular formula is C87H99N11O15. The smallest absolute Gasteiger partial charge is 0.258 e. The summed E-state index contributed by atoms with van der Waals surface area (Å²) in [6, 6.07) is 45.0. The first-order chi connectivity index (χ1) is 55.0. The lowest BCUT2D eigenvalue weighted by atomic mass is 9.99. The topological polar surface area (TPSA) is 318 Å². The van der Waals surface area contributed by atoms with E-state index in [0.29, 0.717) is 163 Å². The second-order valence-electron chi connectivity index (χ2n) is 27.5. The molecule has 0 saturated carbocycles. The number of hydrogen-bond acceptors (Lipinski definition) is 26. The number of pyridine rings is 1. The summed E-state index contributed by atoms with van der Waals surface area (Å²) in [5.74, 6) is 9.29. The molecule has 5 heterocycles. The van der Waals surface area contributed by atoms with Crippen molar-refractivity contribution >= 4 is 0 Å². The van der Waals surface area contributed by atoms with E-state index >= 15 is 0 Å². The standard InChI is InChI=1S/C25H31N3O4.C23H27N3O3.C21H22N2O4.C18H19N3O4/c1-5-30-21-13-10-16(14-22(21)31-6-2)24-26-23(28-32-24)19-9-7-8-18-17(19)11-12-20(18)27-25(3,4)15-29;1-5-27-20-13-10-15(14-21(20)28-6-2)23-24-22(25-29-23)18-9-7-8-17-16(18)11-12-19(17)26(3)4;1-3-25-18-11-8-13(12-19(18)26-4-2)21-22-20(23-27-21)16-7-5-6-15-14(16)9-10-17(15)24;1-3-23-15-8-6-12(9-16(15)24-4-2)18-20-17(21-25-18)13-5-7-14(11-22)19-10-13/h7-10,13-14,20,27,29H,5-6,11-12,15H2,1-4H3;7-10,13-14,19H,5-6,11-12H2,1-4H3;5-8,11-12,17,24H,3-4,9-10H2,1-2H3;5-10,22H,3-4,11H2,1-2H3. The van der Waals surface area contributed by atoms with Crippen LogP contribution in [0.5, 0.6) is 46.0 Å². The Labute approximate surface area is 657 Å². The van der Waals surface area contributed by atoms with Gasteiger partial charge in [-0.1, -0.05) is 75.2 Å². The summed E-state index contributed by atoms with van der Waals surface area (Å²) < 4.78 is 67.3. The molecule has 12 aromatic rings. The number of rotatable bonds is 29. The fourth-order valence-electron chi connectivity index (χ4n) is 13.9. The molecule has 15 rings (SSSR count). The molecule has 0 fully saturated rings. The van der Waals surface area contributed by atoms with E-state index in [2.05, 4.69) is 94.1 Å². The van der Waals surface area contributed by atoms with Gasteiger partial charge in [0.1, 0.15) is 0 Å². The van der Waals surface area contributed by atoms with Gasteiger partial charge in [-0.25, -0.2) is 0 Å². The van der Waals surface area contributed by atoms with Crippen LogP contribution in [0.3, 0.4) is 0 Å². The number of benzene rings is 7. The Hall–Kier alpha value is -11.6. The van der Waals surface area contributed by atoms with Crippen molar-refractivity contribution in [2.75, 3.05) is 73.6 Å². The van der Waals surface area contributed by atoms with Gasteiger partial charge in [0, 0.05) is 68.3 Å². The van der Waals surface area contributed by atoms with Crippen LogP contribution in [0.4, 0.5) is 0 Å². The number of aliphatic hydroxyl groups excluding tert-OH is 3. The lowest BCUT2D eigenvalue weighted by Gasteiger charge is -2.28. The molecule has 0 amide bonds. The highest BCUT2D eigenvalue weighted by Crippen LogP contribution is 2.44. The minimum Gasteiger partial charge on any atom is -0.490 e. The van der Waals surface area contributed by atoms with Gasteiger partial charge < -0.3 is 81.5 Å². The molecule has 113 heavy (non-hydrogen) atoms. The Kier molecular flexibility index (Phi) is 27.3. The molecule has 0 bridgehead atoms. The van der Waals surface area contributed by atoms with Gasteiger partial charge in [0.15, 0.2) is 46.0 Å². The minimum atomic E-state index is -0.411. The highest BCUT2D eigenvalue weighted by atomic mass is 16.5. The Morgan fingerprint density at radius 1 is 0.407 bits per heavy atom. The van der Waals surface area contributed by atoms with Crippen LogP contribution < -0.4 is 43.2 Å². The normalized spacial score (nSPS) is 14.5. The lowest BCUT2D eigenvalue weighted by Crippen LogP contribution is -2.44. The van der Waals surface area contributed by atoms with E-state index in [1.54, 1.807) is 18.3 Å². The highest BCUT2D eigenvalue weighted by Gasteiger charge is 2.33. The molecule has 592 valence electrons. The quantitative estimate of drug-likeness (QED) is 0.0338. The maximum Gasteiger partial charge on any atom is 0.258 e.